The second kappa shape index (κ2) is 5.13. The maximum atomic E-state index is 12.2. The van der Waals surface area contributed by atoms with Crippen LogP contribution in [0.1, 0.15) is 38.5 Å². The third-order valence-electron chi connectivity index (χ3n) is 4.53. The molecule has 0 unspecified atom stereocenters. The average molecular weight is 270 g/mol. The van der Waals surface area contributed by atoms with Crippen LogP contribution in [-0.4, -0.2) is 31.2 Å². The largest absolute Gasteiger partial charge is 0.392 e. The maximum Gasteiger partial charge on any atom is 0.233 e. The number of ether oxygens (including phenoxy) is 1. The van der Waals surface area contributed by atoms with Gasteiger partial charge in [-0.1, -0.05) is 18.6 Å². The van der Waals surface area contributed by atoms with Gasteiger partial charge in [0.25, 0.3) is 0 Å². The monoisotopic (exact) mass is 270 g/mol. The van der Waals surface area contributed by atoms with Crippen molar-refractivity contribution in [1.82, 2.24) is 5.32 Å². The van der Waals surface area contributed by atoms with E-state index >= 15 is 0 Å². The number of hydrogen-bond donors (Lipinski definition) is 2. The lowest BCUT2D eigenvalue weighted by atomic mass is 9.68. The zero-order valence-electron chi connectivity index (χ0n) is 11.0. The van der Waals surface area contributed by atoms with Crippen molar-refractivity contribution in [2.75, 3.05) is 20.3 Å². The zero-order chi connectivity index (χ0) is 13.2. The average Bonchev–Trinajstić information content (AvgIpc) is 3.02. The van der Waals surface area contributed by atoms with Gasteiger partial charge in [0.05, 0.1) is 10.4 Å². The first-order chi connectivity index (χ1) is 8.55. The number of rotatable bonds is 7. The van der Waals surface area contributed by atoms with Crippen LogP contribution in [0.3, 0.4) is 0 Å². The molecule has 0 spiro atoms. The molecule has 5 heteroatoms. The number of nitrogens with two attached hydrogens (primary N) is 1. The first kappa shape index (κ1) is 13.7. The number of carbonyl (C=O) groups is 1. The molecule has 2 fully saturated rings. The molecule has 0 atom stereocenters. The van der Waals surface area contributed by atoms with Crippen LogP contribution in [0.2, 0.25) is 0 Å². The molecular weight excluding hydrogens is 248 g/mol. The highest BCUT2D eigenvalue weighted by Crippen LogP contribution is 2.48. The van der Waals surface area contributed by atoms with Gasteiger partial charge in [-0.3, -0.25) is 4.79 Å². The summed E-state index contributed by atoms with van der Waals surface area (Å²) in [5.41, 5.74) is 5.44. The summed E-state index contributed by atoms with van der Waals surface area (Å²) in [6.07, 6.45) is 6.02. The summed E-state index contributed by atoms with van der Waals surface area (Å²) in [7, 11) is 1.71. The topological polar surface area (TPSA) is 64.3 Å². The van der Waals surface area contributed by atoms with Crippen molar-refractivity contribution in [2.45, 2.75) is 38.5 Å². The van der Waals surface area contributed by atoms with Crippen LogP contribution in [0.4, 0.5) is 0 Å². The van der Waals surface area contributed by atoms with Gasteiger partial charge in [0.2, 0.25) is 5.91 Å². The van der Waals surface area contributed by atoms with Gasteiger partial charge in [-0.2, -0.15) is 0 Å². The lowest BCUT2D eigenvalue weighted by molar-refractivity contribution is -0.131. The molecule has 0 saturated heterocycles. The molecular formula is C13H22N2O2S. The molecule has 0 aliphatic heterocycles. The molecule has 0 bridgehead atoms. The van der Waals surface area contributed by atoms with Crippen molar-refractivity contribution < 1.29 is 9.53 Å². The van der Waals surface area contributed by atoms with Gasteiger partial charge in [0.15, 0.2) is 0 Å². The number of hydrogen-bond acceptors (Lipinski definition) is 3. The first-order valence-corrected chi connectivity index (χ1v) is 7.03. The Labute approximate surface area is 114 Å². The summed E-state index contributed by atoms with van der Waals surface area (Å²) in [5, 5.41) is 3.06. The Morgan fingerprint density at radius 1 is 1.39 bits per heavy atom. The smallest absolute Gasteiger partial charge is 0.233 e. The standard InChI is InChI=1S/C13H22N2O2S/c1-17-8-7-12(5-6-12)9-15-11(16)13(10(14)18)3-2-4-13/h2-9H2,1H3,(H2,14,18)(H,15,16). The fourth-order valence-corrected chi connectivity index (χ4v) is 2.86. The molecule has 2 aliphatic rings. The molecule has 18 heavy (non-hydrogen) atoms. The Kier molecular flexibility index (Phi) is 3.92. The van der Waals surface area contributed by atoms with Gasteiger partial charge in [-0.15, -0.1) is 0 Å². The molecule has 2 rings (SSSR count). The highest BCUT2D eigenvalue weighted by molar-refractivity contribution is 7.80. The number of carbonyl (C=O) groups excluding carboxylic acids is 1. The molecule has 102 valence electrons. The second-order valence-corrected chi connectivity index (χ2v) is 6.17. The van der Waals surface area contributed by atoms with Crippen LogP contribution in [0.25, 0.3) is 0 Å². The van der Waals surface area contributed by atoms with E-state index in [1.54, 1.807) is 7.11 Å². The predicted octanol–water partition coefficient (Wildman–Crippen LogP) is 1.38. The Balaban J connectivity index is 1.83. The van der Waals surface area contributed by atoms with Crippen LogP contribution in [0.5, 0.6) is 0 Å². The minimum Gasteiger partial charge on any atom is -0.392 e. The molecule has 2 saturated carbocycles. The first-order valence-electron chi connectivity index (χ1n) is 6.62. The van der Waals surface area contributed by atoms with Crippen LogP contribution < -0.4 is 11.1 Å². The van der Waals surface area contributed by atoms with E-state index in [1.165, 1.54) is 12.8 Å². The maximum absolute atomic E-state index is 12.2. The van der Waals surface area contributed by atoms with E-state index in [2.05, 4.69) is 5.32 Å². The number of methoxy groups -OCH3 is 1. The van der Waals surface area contributed by atoms with Crippen LogP contribution >= 0.6 is 12.2 Å². The molecule has 1 amide bonds. The summed E-state index contributed by atoms with van der Waals surface area (Å²) >= 11 is 5.05. The van der Waals surface area contributed by atoms with Crippen LogP contribution in [0, 0.1) is 10.8 Å². The Bertz CT molecular complexity index is 349. The highest BCUT2D eigenvalue weighted by atomic mass is 32.1. The third-order valence-corrected chi connectivity index (χ3v) is 4.92. The van der Waals surface area contributed by atoms with Gasteiger partial charge >= 0.3 is 0 Å². The predicted molar refractivity (Wildman–Crippen MR) is 74.2 cm³/mol. The van der Waals surface area contributed by atoms with Crippen LogP contribution in [-0.2, 0) is 9.53 Å². The number of nitrogens with one attached hydrogen (secondary N) is 1. The van der Waals surface area contributed by atoms with Gasteiger partial charge in [0.1, 0.15) is 0 Å². The zero-order valence-corrected chi connectivity index (χ0v) is 11.8. The quantitative estimate of drug-likeness (QED) is 0.686. The van der Waals surface area contributed by atoms with E-state index < -0.39 is 5.41 Å². The Morgan fingerprint density at radius 2 is 2.06 bits per heavy atom. The Hall–Kier alpha value is -0.680. The summed E-state index contributed by atoms with van der Waals surface area (Å²) in [6.45, 7) is 1.50. The van der Waals surface area contributed by atoms with Gasteiger partial charge in [0, 0.05) is 20.3 Å². The molecule has 0 aromatic rings. The van der Waals surface area contributed by atoms with Crippen molar-refractivity contribution in [2.24, 2.45) is 16.6 Å². The summed E-state index contributed by atoms with van der Waals surface area (Å²) in [4.78, 5) is 12.6. The summed E-state index contributed by atoms with van der Waals surface area (Å²) in [5.74, 6) is 0.0324. The van der Waals surface area contributed by atoms with E-state index in [9.17, 15) is 4.79 Å². The van der Waals surface area contributed by atoms with Gasteiger partial charge < -0.3 is 15.8 Å². The summed E-state index contributed by atoms with van der Waals surface area (Å²) in [6, 6.07) is 0. The minimum atomic E-state index is -0.549. The molecule has 0 aromatic heterocycles. The highest BCUT2D eigenvalue weighted by Gasteiger charge is 2.48. The van der Waals surface area contributed by atoms with E-state index in [1.807, 2.05) is 0 Å². The second-order valence-electron chi connectivity index (χ2n) is 5.73. The Morgan fingerprint density at radius 3 is 2.44 bits per heavy atom. The van der Waals surface area contributed by atoms with E-state index in [-0.39, 0.29) is 11.3 Å². The van der Waals surface area contributed by atoms with Crippen molar-refractivity contribution >= 4 is 23.1 Å². The lowest BCUT2D eigenvalue weighted by Gasteiger charge is -2.39. The van der Waals surface area contributed by atoms with E-state index in [0.29, 0.717) is 4.99 Å². The molecule has 2 aliphatic carbocycles. The number of amides is 1. The molecule has 3 N–H and O–H groups in total. The molecule has 0 radical (unpaired) electrons. The van der Waals surface area contributed by atoms with Crippen molar-refractivity contribution in [3.8, 4) is 0 Å². The van der Waals surface area contributed by atoms with Crippen molar-refractivity contribution in [1.29, 1.82) is 0 Å². The lowest BCUT2D eigenvalue weighted by Crippen LogP contribution is -2.54. The third kappa shape index (κ3) is 2.52. The van der Waals surface area contributed by atoms with E-state index in [0.717, 1.165) is 38.8 Å². The molecule has 4 nitrogen and oxygen atoms in total. The van der Waals surface area contributed by atoms with Gasteiger partial charge in [-0.05, 0) is 37.5 Å². The fraction of sp³-hybridized carbons (Fsp3) is 0.846. The normalized spacial score (nSPS) is 22.9. The SMILES string of the molecule is COCCC1(CNC(=O)C2(C(N)=S)CCC2)CC1. The van der Waals surface area contributed by atoms with Crippen molar-refractivity contribution in [3.63, 3.8) is 0 Å². The van der Waals surface area contributed by atoms with Crippen molar-refractivity contribution in [3.05, 3.63) is 0 Å². The van der Waals surface area contributed by atoms with Gasteiger partial charge in [-0.25, -0.2) is 0 Å². The van der Waals surface area contributed by atoms with Crippen LogP contribution in [0.15, 0.2) is 0 Å². The minimum absolute atomic E-state index is 0.0324. The fourth-order valence-electron chi connectivity index (χ4n) is 2.56. The molecule has 0 heterocycles. The summed E-state index contributed by atoms with van der Waals surface area (Å²) < 4.78 is 5.11. The number of thiocarbonyl (C=S) groups is 1. The van der Waals surface area contributed by atoms with E-state index in [4.69, 9.17) is 22.7 Å². The molecule has 0 aromatic carbocycles.